The first-order valence-corrected chi connectivity index (χ1v) is 10.3. The molecule has 0 aliphatic rings. The number of nitrogens with zero attached hydrogens (tertiary/aromatic N) is 4. The second-order valence-electron chi connectivity index (χ2n) is 7.33. The highest BCUT2D eigenvalue weighted by atomic mass is 16.5. The summed E-state index contributed by atoms with van der Waals surface area (Å²) in [7, 11) is 1.71. The average molecular weight is 381 g/mol. The smallest absolute Gasteiger partial charge is 0.165 e. The normalized spacial score (nSPS) is 11.2. The lowest BCUT2D eigenvalue weighted by Gasteiger charge is -2.24. The number of hydrogen-bond acceptors (Lipinski definition) is 4. The minimum Gasteiger partial charge on any atom is -0.496 e. The zero-order chi connectivity index (χ0) is 20.3. The Morgan fingerprint density at radius 1 is 1.04 bits per heavy atom. The molecule has 3 aromatic rings. The van der Waals surface area contributed by atoms with Gasteiger partial charge < -0.3 is 9.64 Å². The summed E-state index contributed by atoms with van der Waals surface area (Å²) in [4.78, 5) is 12.2. The van der Waals surface area contributed by atoms with E-state index in [1.165, 1.54) is 5.82 Å². The van der Waals surface area contributed by atoms with Crippen LogP contribution in [0.2, 0.25) is 0 Å². The maximum atomic E-state index is 5.48. The summed E-state index contributed by atoms with van der Waals surface area (Å²) in [5.74, 6) is 2.12. The van der Waals surface area contributed by atoms with Crippen molar-refractivity contribution in [2.45, 2.75) is 53.9 Å². The van der Waals surface area contributed by atoms with Gasteiger partial charge in [0.25, 0.3) is 0 Å². The molecule has 0 spiro atoms. The lowest BCUT2D eigenvalue weighted by molar-refractivity contribution is 0.411. The Balaban J connectivity index is 2.24. The Hall–Kier alpha value is -2.56. The maximum absolute atomic E-state index is 5.48. The first-order valence-electron chi connectivity index (χ1n) is 10.3. The van der Waals surface area contributed by atoms with E-state index < -0.39 is 0 Å². The molecule has 0 N–H and O–H groups in total. The van der Waals surface area contributed by atoms with Crippen molar-refractivity contribution in [2.24, 2.45) is 0 Å². The van der Waals surface area contributed by atoms with Crippen LogP contribution in [0.1, 0.15) is 50.4 Å². The van der Waals surface area contributed by atoms with E-state index in [1.807, 2.05) is 12.4 Å². The summed E-state index contributed by atoms with van der Waals surface area (Å²) in [6, 6.07) is 4.24. The van der Waals surface area contributed by atoms with E-state index in [4.69, 9.17) is 14.7 Å². The van der Waals surface area contributed by atoms with Gasteiger partial charge in [0.1, 0.15) is 17.3 Å². The van der Waals surface area contributed by atoms with Gasteiger partial charge in [-0.1, -0.05) is 20.8 Å². The van der Waals surface area contributed by atoms with Crippen LogP contribution in [-0.2, 0) is 6.42 Å². The van der Waals surface area contributed by atoms with Crippen molar-refractivity contribution in [3.8, 4) is 17.0 Å². The molecule has 0 aliphatic carbocycles. The molecule has 5 heteroatoms. The fourth-order valence-electron chi connectivity index (χ4n) is 3.90. The van der Waals surface area contributed by atoms with Crippen LogP contribution in [0.15, 0.2) is 24.5 Å². The number of aromatic nitrogens is 3. The standard InChI is InChI=1S/C23H32N4O/c1-7-11-26(12-8-2)23-19(9-3)25-22-21(24-10-13-27(22)23)18-14-17(5)20(28-6)15-16(18)4/h10,13-15H,7-9,11-12H2,1-6H3. The number of imidazole rings is 1. The summed E-state index contributed by atoms with van der Waals surface area (Å²) in [6.07, 6.45) is 7.07. The molecule has 1 aromatic carbocycles. The molecule has 3 rings (SSSR count). The Labute approximate surface area is 168 Å². The van der Waals surface area contributed by atoms with E-state index in [0.717, 1.165) is 71.8 Å². The number of anilines is 1. The van der Waals surface area contributed by atoms with Gasteiger partial charge in [-0.15, -0.1) is 0 Å². The molecule has 5 nitrogen and oxygen atoms in total. The topological polar surface area (TPSA) is 42.7 Å². The number of hydrogen-bond donors (Lipinski definition) is 0. The minimum absolute atomic E-state index is 0.904. The van der Waals surface area contributed by atoms with Gasteiger partial charge >= 0.3 is 0 Å². The van der Waals surface area contributed by atoms with Crippen LogP contribution in [0.5, 0.6) is 5.75 Å². The highest BCUT2D eigenvalue weighted by molar-refractivity contribution is 5.79. The lowest BCUT2D eigenvalue weighted by Crippen LogP contribution is -2.27. The molecule has 2 heterocycles. The monoisotopic (exact) mass is 380 g/mol. The van der Waals surface area contributed by atoms with Crippen molar-refractivity contribution in [1.82, 2.24) is 14.4 Å². The van der Waals surface area contributed by atoms with Crippen molar-refractivity contribution < 1.29 is 4.74 Å². The van der Waals surface area contributed by atoms with E-state index >= 15 is 0 Å². The fourth-order valence-corrected chi connectivity index (χ4v) is 3.90. The molecule has 0 amide bonds. The Bertz CT molecular complexity index is 955. The minimum atomic E-state index is 0.904. The first-order chi connectivity index (χ1) is 13.5. The molecule has 0 atom stereocenters. The second-order valence-corrected chi connectivity index (χ2v) is 7.33. The van der Waals surface area contributed by atoms with Crippen molar-refractivity contribution in [1.29, 1.82) is 0 Å². The van der Waals surface area contributed by atoms with Gasteiger partial charge in [0.2, 0.25) is 0 Å². The fraction of sp³-hybridized carbons (Fsp3) is 0.478. The predicted octanol–water partition coefficient (Wildman–Crippen LogP) is 5.21. The van der Waals surface area contributed by atoms with Crippen molar-refractivity contribution in [2.75, 3.05) is 25.1 Å². The van der Waals surface area contributed by atoms with E-state index in [0.29, 0.717) is 0 Å². The van der Waals surface area contributed by atoms with Gasteiger partial charge in [-0.25, -0.2) is 4.98 Å². The van der Waals surface area contributed by atoms with Crippen LogP contribution in [0.25, 0.3) is 16.9 Å². The molecular formula is C23H32N4O. The SMILES string of the molecule is CCCN(CCC)c1c(CC)nc2c(-c3cc(C)c(OC)cc3C)nccn12. The van der Waals surface area contributed by atoms with Crippen molar-refractivity contribution in [3.05, 3.63) is 41.3 Å². The third kappa shape index (κ3) is 3.58. The van der Waals surface area contributed by atoms with Crippen molar-refractivity contribution in [3.63, 3.8) is 0 Å². The van der Waals surface area contributed by atoms with Gasteiger partial charge in [-0.05, 0) is 56.4 Å². The zero-order valence-corrected chi connectivity index (χ0v) is 18.0. The number of ether oxygens (including phenoxy) is 1. The summed E-state index contributed by atoms with van der Waals surface area (Å²) in [5.41, 5.74) is 6.36. The number of methoxy groups -OCH3 is 1. The molecule has 0 bridgehead atoms. The van der Waals surface area contributed by atoms with Gasteiger partial charge in [0.05, 0.1) is 12.8 Å². The highest BCUT2D eigenvalue weighted by Gasteiger charge is 2.20. The second kappa shape index (κ2) is 8.63. The first kappa shape index (κ1) is 20.2. The van der Waals surface area contributed by atoms with Crippen molar-refractivity contribution >= 4 is 11.5 Å². The van der Waals surface area contributed by atoms with Gasteiger partial charge in [-0.2, -0.15) is 0 Å². The summed E-state index contributed by atoms with van der Waals surface area (Å²) in [6.45, 7) is 12.9. The average Bonchev–Trinajstić information content (AvgIpc) is 3.08. The molecule has 0 radical (unpaired) electrons. The third-order valence-electron chi connectivity index (χ3n) is 5.20. The maximum Gasteiger partial charge on any atom is 0.165 e. The quantitative estimate of drug-likeness (QED) is 0.538. The van der Waals surface area contributed by atoms with Crippen LogP contribution in [-0.4, -0.2) is 34.6 Å². The predicted molar refractivity (Wildman–Crippen MR) is 117 cm³/mol. The molecule has 0 saturated carbocycles. The highest BCUT2D eigenvalue weighted by Crippen LogP contribution is 2.33. The Morgan fingerprint density at radius 3 is 2.36 bits per heavy atom. The van der Waals surface area contributed by atoms with Crippen LogP contribution < -0.4 is 9.64 Å². The van der Waals surface area contributed by atoms with Gasteiger partial charge in [0, 0.05) is 31.0 Å². The summed E-state index contributed by atoms with van der Waals surface area (Å²) >= 11 is 0. The Morgan fingerprint density at radius 2 is 1.75 bits per heavy atom. The van der Waals surface area contributed by atoms with Crippen LogP contribution >= 0.6 is 0 Å². The molecule has 0 fully saturated rings. The van der Waals surface area contributed by atoms with E-state index in [1.54, 1.807) is 7.11 Å². The van der Waals surface area contributed by atoms with Crippen LogP contribution in [0.3, 0.4) is 0 Å². The molecular weight excluding hydrogens is 348 g/mol. The molecule has 28 heavy (non-hydrogen) atoms. The van der Waals surface area contributed by atoms with Crippen LogP contribution in [0.4, 0.5) is 5.82 Å². The van der Waals surface area contributed by atoms with Gasteiger partial charge in [-0.3, -0.25) is 9.38 Å². The largest absolute Gasteiger partial charge is 0.496 e. The third-order valence-corrected chi connectivity index (χ3v) is 5.20. The zero-order valence-electron chi connectivity index (χ0n) is 18.0. The van der Waals surface area contributed by atoms with E-state index in [9.17, 15) is 0 Å². The molecule has 150 valence electrons. The molecule has 0 unspecified atom stereocenters. The molecule has 0 aliphatic heterocycles. The lowest BCUT2D eigenvalue weighted by atomic mass is 10.0. The molecule has 2 aromatic heterocycles. The number of aryl methyl sites for hydroxylation is 3. The number of fused-ring (bicyclic) bond motifs is 1. The van der Waals surface area contributed by atoms with E-state index in [-0.39, 0.29) is 0 Å². The Kier molecular flexibility index (Phi) is 6.22. The van der Waals surface area contributed by atoms with Crippen LogP contribution in [0, 0.1) is 13.8 Å². The number of rotatable bonds is 8. The summed E-state index contributed by atoms with van der Waals surface area (Å²) in [5, 5.41) is 0. The summed E-state index contributed by atoms with van der Waals surface area (Å²) < 4.78 is 7.71. The van der Waals surface area contributed by atoms with E-state index in [2.05, 4.69) is 56.1 Å². The number of benzene rings is 1. The van der Waals surface area contributed by atoms with Gasteiger partial charge in [0.15, 0.2) is 5.65 Å². The molecule has 0 saturated heterocycles.